The lowest BCUT2D eigenvalue weighted by Crippen LogP contribution is -2.18. The van der Waals surface area contributed by atoms with Crippen LogP contribution in [0.3, 0.4) is 0 Å². The van der Waals surface area contributed by atoms with Gasteiger partial charge >= 0.3 is 0 Å². The molecule has 0 radical (unpaired) electrons. The minimum Gasteiger partial charge on any atom is -0.338 e. The van der Waals surface area contributed by atoms with Crippen molar-refractivity contribution in [1.82, 2.24) is 5.32 Å². The lowest BCUT2D eigenvalue weighted by molar-refractivity contribution is 1.11. The molecular formula is C5H5N3. The molecule has 0 unspecified atom stereocenters. The molecule has 3 heteroatoms. The van der Waals surface area contributed by atoms with Gasteiger partial charge in [-0.25, -0.2) is 0 Å². The van der Waals surface area contributed by atoms with Gasteiger partial charge in [-0.05, 0) is 6.08 Å². The van der Waals surface area contributed by atoms with E-state index >= 15 is 0 Å². The van der Waals surface area contributed by atoms with Crippen LogP contribution in [-0.2, 0) is 0 Å². The molecule has 1 aliphatic rings. The first-order valence-corrected chi connectivity index (χ1v) is 2.29. The molecule has 0 spiro atoms. The lowest BCUT2D eigenvalue weighted by Gasteiger charge is -1.98. The van der Waals surface area contributed by atoms with Gasteiger partial charge in [0.1, 0.15) is 6.07 Å². The topological polar surface area (TPSA) is 48.2 Å². The highest BCUT2D eigenvalue weighted by Gasteiger charge is 1.92. The van der Waals surface area contributed by atoms with E-state index in [1.54, 1.807) is 6.20 Å². The molecule has 8 heavy (non-hydrogen) atoms. The van der Waals surface area contributed by atoms with Crippen LogP contribution >= 0.6 is 0 Å². The van der Waals surface area contributed by atoms with Gasteiger partial charge in [0, 0.05) is 6.20 Å². The molecule has 0 fully saturated rings. The van der Waals surface area contributed by atoms with Gasteiger partial charge in [0.15, 0.2) is 0 Å². The van der Waals surface area contributed by atoms with Crippen LogP contribution in [0, 0.1) is 11.3 Å². The summed E-state index contributed by atoms with van der Waals surface area (Å²) in [4.78, 5) is 3.81. The Bertz CT molecular complexity index is 173. The fourth-order valence-corrected chi connectivity index (χ4v) is 0.448. The maximum absolute atomic E-state index is 8.21. The van der Waals surface area contributed by atoms with Gasteiger partial charge in [0.2, 0.25) is 5.84 Å². The van der Waals surface area contributed by atoms with Crippen molar-refractivity contribution in [2.45, 2.75) is 0 Å². The molecule has 0 aromatic heterocycles. The van der Waals surface area contributed by atoms with Crippen molar-refractivity contribution in [1.29, 1.82) is 5.26 Å². The van der Waals surface area contributed by atoms with Crippen LogP contribution in [0.2, 0.25) is 0 Å². The second-order valence-electron chi connectivity index (χ2n) is 1.35. The van der Waals surface area contributed by atoms with Gasteiger partial charge in [-0.15, -0.1) is 0 Å². The van der Waals surface area contributed by atoms with Crippen molar-refractivity contribution >= 4 is 5.84 Å². The Morgan fingerprint density at radius 1 is 1.88 bits per heavy atom. The Morgan fingerprint density at radius 3 is 3.12 bits per heavy atom. The summed E-state index contributed by atoms with van der Waals surface area (Å²) in [5.41, 5.74) is 0. The average Bonchev–Trinajstić information content (AvgIpc) is 1.90. The van der Waals surface area contributed by atoms with Crippen molar-refractivity contribution in [3.8, 4) is 6.07 Å². The molecule has 0 atom stereocenters. The first-order chi connectivity index (χ1) is 3.93. The number of amidine groups is 1. The number of aliphatic imine (C=N–C) groups is 1. The third-order valence-electron chi connectivity index (χ3n) is 0.799. The van der Waals surface area contributed by atoms with E-state index in [0.29, 0.717) is 12.4 Å². The summed E-state index contributed by atoms with van der Waals surface area (Å²) in [6.07, 6.45) is 3.56. The maximum Gasteiger partial charge on any atom is 0.205 e. The van der Waals surface area contributed by atoms with Gasteiger partial charge in [0.05, 0.1) is 6.54 Å². The molecule has 0 amide bonds. The molecule has 1 N–H and O–H groups in total. The number of nitrogens with one attached hydrogen (secondary N) is 1. The van der Waals surface area contributed by atoms with Crippen molar-refractivity contribution < 1.29 is 0 Å². The van der Waals surface area contributed by atoms with E-state index < -0.39 is 0 Å². The zero-order valence-corrected chi connectivity index (χ0v) is 4.26. The quantitative estimate of drug-likeness (QED) is 0.474. The molecule has 1 rings (SSSR count). The zero-order valence-electron chi connectivity index (χ0n) is 4.26. The number of rotatable bonds is 0. The maximum atomic E-state index is 8.21. The molecular weight excluding hydrogens is 102 g/mol. The Kier molecular flexibility index (Phi) is 1.29. The number of nitriles is 1. The van der Waals surface area contributed by atoms with Crippen LogP contribution in [0.25, 0.3) is 0 Å². The Morgan fingerprint density at radius 2 is 2.75 bits per heavy atom. The Labute approximate surface area is 47.3 Å². The third-order valence-corrected chi connectivity index (χ3v) is 0.799. The highest BCUT2D eigenvalue weighted by Crippen LogP contribution is 1.82. The fourth-order valence-electron chi connectivity index (χ4n) is 0.448. The molecule has 0 aromatic rings. The molecule has 0 aliphatic carbocycles. The number of hydrogen-bond acceptors (Lipinski definition) is 3. The molecule has 1 aliphatic heterocycles. The van der Waals surface area contributed by atoms with E-state index in [1.165, 1.54) is 0 Å². The van der Waals surface area contributed by atoms with E-state index in [-0.39, 0.29) is 0 Å². The van der Waals surface area contributed by atoms with Gasteiger partial charge < -0.3 is 5.32 Å². The van der Waals surface area contributed by atoms with Crippen molar-refractivity contribution in [2.75, 3.05) is 6.54 Å². The van der Waals surface area contributed by atoms with E-state index in [1.807, 2.05) is 12.1 Å². The SMILES string of the molecule is N#CC1=NCC=CN1. The van der Waals surface area contributed by atoms with Crippen LogP contribution in [0.15, 0.2) is 17.3 Å². The predicted octanol–water partition coefficient (Wildman–Crippen LogP) is 0.0254. The summed E-state index contributed by atoms with van der Waals surface area (Å²) in [5, 5.41) is 10.9. The van der Waals surface area contributed by atoms with Crippen LogP contribution < -0.4 is 5.32 Å². The van der Waals surface area contributed by atoms with Crippen LogP contribution in [0.1, 0.15) is 0 Å². The van der Waals surface area contributed by atoms with E-state index in [2.05, 4.69) is 10.3 Å². The van der Waals surface area contributed by atoms with Gasteiger partial charge in [-0.2, -0.15) is 5.26 Å². The van der Waals surface area contributed by atoms with Gasteiger partial charge in [0.25, 0.3) is 0 Å². The minimum atomic E-state index is 0.396. The number of nitrogens with zero attached hydrogens (tertiary/aromatic N) is 2. The average molecular weight is 107 g/mol. The summed E-state index contributed by atoms with van der Waals surface area (Å²) >= 11 is 0. The summed E-state index contributed by atoms with van der Waals surface area (Å²) in [6, 6.07) is 1.89. The van der Waals surface area contributed by atoms with Gasteiger partial charge in [-0.1, -0.05) is 0 Å². The number of hydrogen-bond donors (Lipinski definition) is 1. The molecule has 3 nitrogen and oxygen atoms in total. The normalized spacial score (nSPS) is 16.1. The molecule has 0 saturated heterocycles. The molecule has 0 saturated carbocycles. The van der Waals surface area contributed by atoms with Crippen molar-refractivity contribution in [3.05, 3.63) is 12.3 Å². The zero-order chi connectivity index (χ0) is 5.82. The largest absolute Gasteiger partial charge is 0.338 e. The summed E-state index contributed by atoms with van der Waals surface area (Å²) < 4.78 is 0. The second-order valence-corrected chi connectivity index (χ2v) is 1.35. The third kappa shape index (κ3) is 0.850. The van der Waals surface area contributed by atoms with Crippen molar-refractivity contribution in [3.63, 3.8) is 0 Å². The van der Waals surface area contributed by atoms with Gasteiger partial charge in [-0.3, -0.25) is 4.99 Å². The first kappa shape index (κ1) is 4.85. The Balaban J connectivity index is 2.59. The fraction of sp³-hybridized carbons (Fsp3) is 0.200. The summed E-state index contributed by atoms with van der Waals surface area (Å²) in [7, 11) is 0. The minimum absolute atomic E-state index is 0.396. The highest BCUT2D eigenvalue weighted by molar-refractivity contribution is 5.97. The summed E-state index contributed by atoms with van der Waals surface area (Å²) in [5.74, 6) is 0.396. The molecule has 1 heterocycles. The summed E-state index contributed by atoms with van der Waals surface area (Å²) in [6.45, 7) is 0.621. The van der Waals surface area contributed by atoms with Crippen LogP contribution in [0.5, 0.6) is 0 Å². The smallest absolute Gasteiger partial charge is 0.205 e. The Hall–Kier alpha value is -1.30. The second kappa shape index (κ2) is 2.12. The molecule has 0 aromatic carbocycles. The monoisotopic (exact) mass is 107 g/mol. The van der Waals surface area contributed by atoms with Crippen molar-refractivity contribution in [2.24, 2.45) is 4.99 Å². The standard InChI is InChI=1S/C5H5N3/c6-4-5-7-2-1-3-8-5/h1-2H,3H2,(H,7,8). The van der Waals surface area contributed by atoms with E-state index in [4.69, 9.17) is 5.26 Å². The van der Waals surface area contributed by atoms with Crippen LogP contribution in [0.4, 0.5) is 0 Å². The molecule has 40 valence electrons. The predicted molar refractivity (Wildman–Crippen MR) is 30.2 cm³/mol. The van der Waals surface area contributed by atoms with Crippen LogP contribution in [-0.4, -0.2) is 12.4 Å². The van der Waals surface area contributed by atoms with E-state index in [0.717, 1.165) is 0 Å². The van der Waals surface area contributed by atoms with E-state index in [9.17, 15) is 0 Å². The molecule has 0 bridgehead atoms. The lowest BCUT2D eigenvalue weighted by atomic mass is 10.5. The first-order valence-electron chi connectivity index (χ1n) is 2.29. The highest BCUT2D eigenvalue weighted by atomic mass is 15.0.